The number of aromatic nitrogens is 2. The molecule has 0 fully saturated rings. The summed E-state index contributed by atoms with van der Waals surface area (Å²) in [6.07, 6.45) is 3.44. The van der Waals surface area contributed by atoms with Gasteiger partial charge < -0.3 is 15.4 Å². The summed E-state index contributed by atoms with van der Waals surface area (Å²) in [6, 6.07) is 0. The van der Waals surface area contributed by atoms with Gasteiger partial charge in [0.1, 0.15) is 0 Å². The third-order valence-electron chi connectivity index (χ3n) is 2.21. The van der Waals surface area contributed by atoms with Crippen LogP contribution < -0.4 is 5.73 Å². The molecule has 1 aromatic rings. The van der Waals surface area contributed by atoms with Crippen LogP contribution >= 0.6 is 0 Å². The number of carbonyl (C=O) groups is 1. The Morgan fingerprint density at radius 2 is 2.50 bits per heavy atom. The predicted octanol–water partition coefficient (Wildman–Crippen LogP) is 0.420. The van der Waals surface area contributed by atoms with Gasteiger partial charge in [-0.05, 0) is 6.92 Å². The molecule has 0 aromatic carbocycles. The van der Waals surface area contributed by atoms with Crippen molar-refractivity contribution in [2.24, 2.45) is 5.73 Å². The first-order chi connectivity index (χ1) is 6.69. The van der Waals surface area contributed by atoms with Crippen molar-refractivity contribution in [2.75, 3.05) is 6.54 Å². The summed E-state index contributed by atoms with van der Waals surface area (Å²) in [6.45, 7) is 3.10. The van der Waals surface area contributed by atoms with E-state index in [4.69, 9.17) is 10.8 Å². The Labute approximate surface area is 82.6 Å². The molecular weight excluding hydrogens is 182 g/mol. The zero-order valence-electron chi connectivity index (χ0n) is 8.18. The quantitative estimate of drug-likeness (QED) is 0.716. The molecule has 0 bridgehead atoms. The lowest BCUT2D eigenvalue weighted by Crippen LogP contribution is -2.19. The van der Waals surface area contributed by atoms with Gasteiger partial charge in [0.2, 0.25) is 0 Å². The fraction of sp³-hybridized carbons (Fsp3) is 0.556. The standard InChI is InChI=1S/C9H15N3O2/c1-2-12-6-11-5-8(12)7(4-10)3-9(13)14/h5-7H,2-4,10H2,1H3,(H,13,14). The molecule has 5 heteroatoms. The molecular formula is C9H15N3O2. The van der Waals surface area contributed by atoms with E-state index in [2.05, 4.69) is 4.98 Å². The average molecular weight is 197 g/mol. The smallest absolute Gasteiger partial charge is 0.304 e. The Kier molecular flexibility index (Phi) is 3.64. The van der Waals surface area contributed by atoms with Crippen molar-refractivity contribution in [1.82, 2.24) is 9.55 Å². The summed E-state index contributed by atoms with van der Waals surface area (Å²) in [7, 11) is 0. The zero-order chi connectivity index (χ0) is 10.6. The minimum atomic E-state index is -0.829. The molecule has 0 spiro atoms. The highest BCUT2D eigenvalue weighted by molar-refractivity contribution is 5.67. The van der Waals surface area contributed by atoms with Crippen molar-refractivity contribution in [1.29, 1.82) is 0 Å². The van der Waals surface area contributed by atoms with Crippen molar-refractivity contribution >= 4 is 5.97 Å². The van der Waals surface area contributed by atoms with Crippen molar-refractivity contribution < 1.29 is 9.90 Å². The summed E-state index contributed by atoms with van der Waals surface area (Å²) in [4.78, 5) is 14.6. The molecule has 78 valence electrons. The lowest BCUT2D eigenvalue weighted by atomic mass is 10.0. The minimum Gasteiger partial charge on any atom is -0.481 e. The first-order valence-electron chi connectivity index (χ1n) is 4.60. The van der Waals surface area contributed by atoms with Crippen molar-refractivity contribution in [3.8, 4) is 0 Å². The van der Waals surface area contributed by atoms with Gasteiger partial charge in [0.05, 0.1) is 12.7 Å². The minimum absolute atomic E-state index is 0.0577. The Morgan fingerprint density at radius 1 is 1.79 bits per heavy atom. The molecule has 14 heavy (non-hydrogen) atoms. The van der Waals surface area contributed by atoms with Crippen LogP contribution in [0.2, 0.25) is 0 Å². The van der Waals surface area contributed by atoms with Gasteiger partial charge in [-0.15, -0.1) is 0 Å². The maximum atomic E-state index is 10.6. The maximum Gasteiger partial charge on any atom is 0.304 e. The van der Waals surface area contributed by atoms with Gasteiger partial charge >= 0.3 is 5.97 Å². The van der Waals surface area contributed by atoms with Crippen LogP contribution in [0.25, 0.3) is 0 Å². The third-order valence-corrected chi connectivity index (χ3v) is 2.21. The van der Waals surface area contributed by atoms with E-state index in [0.717, 1.165) is 12.2 Å². The number of hydrogen-bond donors (Lipinski definition) is 2. The summed E-state index contributed by atoms with van der Waals surface area (Å²) >= 11 is 0. The van der Waals surface area contributed by atoms with Crippen LogP contribution in [-0.2, 0) is 11.3 Å². The molecule has 0 aliphatic rings. The molecule has 5 nitrogen and oxygen atoms in total. The molecule has 0 aliphatic carbocycles. The maximum absolute atomic E-state index is 10.6. The number of carboxylic acid groups (broad SMARTS) is 1. The SMILES string of the molecule is CCn1cncc1C(CN)CC(=O)O. The Balaban J connectivity index is 2.82. The van der Waals surface area contributed by atoms with Crippen molar-refractivity contribution in [3.63, 3.8) is 0 Å². The molecule has 0 radical (unpaired) electrons. The summed E-state index contributed by atoms with van der Waals surface area (Å²) < 4.78 is 1.92. The number of nitrogens with two attached hydrogens (primary N) is 1. The number of imidazole rings is 1. The lowest BCUT2D eigenvalue weighted by Gasteiger charge is -2.13. The van der Waals surface area contributed by atoms with E-state index in [1.807, 2.05) is 11.5 Å². The monoisotopic (exact) mass is 197 g/mol. The molecule has 1 rings (SSSR count). The fourth-order valence-electron chi connectivity index (χ4n) is 1.45. The Morgan fingerprint density at radius 3 is 3.00 bits per heavy atom. The molecule has 3 N–H and O–H groups in total. The average Bonchev–Trinajstić information content (AvgIpc) is 2.61. The molecule has 1 aromatic heterocycles. The molecule has 1 heterocycles. The number of carboxylic acids is 1. The zero-order valence-corrected chi connectivity index (χ0v) is 8.18. The van der Waals surface area contributed by atoms with Crippen LogP contribution in [0.15, 0.2) is 12.5 Å². The van der Waals surface area contributed by atoms with E-state index >= 15 is 0 Å². The third kappa shape index (κ3) is 2.32. The molecule has 0 saturated heterocycles. The highest BCUT2D eigenvalue weighted by Gasteiger charge is 2.17. The van der Waals surface area contributed by atoms with Gasteiger partial charge in [0, 0.05) is 30.9 Å². The van der Waals surface area contributed by atoms with Crippen LogP contribution in [0.4, 0.5) is 0 Å². The predicted molar refractivity (Wildman–Crippen MR) is 51.9 cm³/mol. The van der Waals surface area contributed by atoms with E-state index in [0.29, 0.717) is 6.54 Å². The van der Waals surface area contributed by atoms with Crippen LogP contribution in [0.1, 0.15) is 25.0 Å². The Bertz CT molecular complexity index is 309. The molecule has 0 amide bonds. The number of hydrogen-bond acceptors (Lipinski definition) is 3. The van der Waals surface area contributed by atoms with Gasteiger partial charge in [0.15, 0.2) is 0 Å². The molecule has 0 saturated carbocycles. The van der Waals surface area contributed by atoms with E-state index in [-0.39, 0.29) is 12.3 Å². The second-order valence-corrected chi connectivity index (χ2v) is 3.14. The summed E-state index contributed by atoms with van der Waals surface area (Å²) in [5.41, 5.74) is 6.43. The van der Waals surface area contributed by atoms with E-state index in [9.17, 15) is 4.79 Å². The Hall–Kier alpha value is -1.36. The summed E-state index contributed by atoms with van der Waals surface area (Å²) in [5, 5.41) is 8.69. The topological polar surface area (TPSA) is 81.1 Å². The van der Waals surface area contributed by atoms with Crippen LogP contribution in [0.3, 0.4) is 0 Å². The number of rotatable bonds is 5. The van der Waals surface area contributed by atoms with E-state index < -0.39 is 5.97 Å². The van der Waals surface area contributed by atoms with Crippen LogP contribution in [0.5, 0.6) is 0 Å². The van der Waals surface area contributed by atoms with Crippen LogP contribution in [0, 0.1) is 0 Å². The largest absolute Gasteiger partial charge is 0.481 e. The van der Waals surface area contributed by atoms with Gasteiger partial charge in [-0.2, -0.15) is 0 Å². The molecule has 0 aliphatic heterocycles. The fourth-order valence-corrected chi connectivity index (χ4v) is 1.45. The first-order valence-corrected chi connectivity index (χ1v) is 4.60. The normalized spacial score (nSPS) is 12.7. The highest BCUT2D eigenvalue weighted by Crippen LogP contribution is 2.17. The summed E-state index contributed by atoms with van der Waals surface area (Å²) in [5.74, 6) is -0.973. The van der Waals surface area contributed by atoms with E-state index in [1.165, 1.54) is 0 Å². The molecule has 1 unspecified atom stereocenters. The van der Waals surface area contributed by atoms with E-state index in [1.54, 1.807) is 12.5 Å². The first kappa shape index (κ1) is 10.7. The number of nitrogens with zero attached hydrogens (tertiary/aromatic N) is 2. The van der Waals surface area contributed by atoms with Gasteiger partial charge in [-0.1, -0.05) is 0 Å². The second kappa shape index (κ2) is 4.76. The van der Waals surface area contributed by atoms with Crippen molar-refractivity contribution in [2.45, 2.75) is 25.8 Å². The van der Waals surface area contributed by atoms with Gasteiger partial charge in [-0.25, -0.2) is 4.98 Å². The van der Waals surface area contributed by atoms with Gasteiger partial charge in [-0.3, -0.25) is 4.79 Å². The van der Waals surface area contributed by atoms with Crippen molar-refractivity contribution in [3.05, 3.63) is 18.2 Å². The number of aryl methyl sites for hydroxylation is 1. The second-order valence-electron chi connectivity index (χ2n) is 3.14. The highest BCUT2D eigenvalue weighted by atomic mass is 16.4. The van der Waals surface area contributed by atoms with Gasteiger partial charge in [0.25, 0.3) is 0 Å². The lowest BCUT2D eigenvalue weighted by molar-refractivity contribution is -0.137. The van der Waals surface area contributed by atoms with Crippen LogP contribution in [-0.4, -0.2) is 27.2 Å². The number of aliphatic carboxylic acids is 1. The molecule has 1 atom stereocenters.